The molecule has 0 spiro atoms. The number of nitrogens with one attached hydrogen (secondary N) is 1. The summed E-state index contributed by atoms with van der Waals surface area (Å²) >= 11 is 0. The molecule has 7 heteroatoms. The number of ether oxygens (including phenoxy) is 1. The van der Waals surface area contributed by atoms with Gasteiger partial charge in [0.1, 0.15) is 0 Å². The van der Waals surface area contributed by atoms with Crippen molar-refractivity contribution in [2.24, 2.45) is 5.92 Å². The van der Waals surface area contributed by atoms with Gasteiger partial charge in [0.15, 0.2) is 11.6 Å². The van der Waals surface area contributed by atoms with E-state index in [0.29, 0.717) is 25.1 Å². The van der Waals surface area contributed by atoms with E-state index in [1.165, 1.54) is 17.0 Å². The largest absolute Gasteiger partial charge is 0.487 e. The molecule has 2 aliphatic rings. The summed E-state index contributed by atoms with van der Waals surface area (Å²) in [6, 6.07) is 3.92. The fourth-order valence-electron chi connectivity index (χ4n) is 2.91. The van der Waals surface area contributed by atoms with Gasteiger partial charge in [0.2, 0.25) is 0 Å². The molecule has 130 valence electrons. The molecule has 0 bridgehead atoms. The first-order valence-electron chi connectivity index (χ1n) is 8.28. The fraction of sp³-hybridized carbons (Fsp3) is 0.529. The number of nitrogens with zero attached hydrogens (tertiary/aromatic N) is 1. The normalized spacial score (nSPS) is 21.0. The van der Waals surface area contributed by atoms with Gasteiger partial charge in [-0.2, -0.15) is 0 Å². The number of hydrogen-bond acceptors (Lipinski definition) is 3. The Balaban J connectivity index is 1.59. The first-order chi connectivity index (χ1) is 11.5. The van der Waals surface area contributed by atoms with Crippen molar-refractivity contribution in [3.8, 4) is 5.75 Å². The number of carbonyl (C=O) groups excluding carboxylic acids is 1. The maximum atomic E-state index is 14.1. The molecule has 1 saturated heterocycles. The van der Waals surface area contributed by atoms with Crippen LogP contribution in [0.1, 0.15) is 32.1 Å². The fourth-order valence-corrected chi connectivity index (χ4v) is 2.91. The molecule has 1 unspecified atom stereocenters. The molecule has 1 aliphatic carbocycles. The Hall–Kier alpha value is -2.31. The number of aliphatic carboxylic acids is 1. The zero-order valence-corrected chi connectivity index (χ0v) is 13.3. The summed E-state index contributed by atoms with van der Waals surface area (Å²) in [6.07, 6.45) is 4.29. The van der Waals surface area contributed by atoms with Crippen molar-refractivity contribution in [3.05, 3.63) is 24.0 Å². The predicted octanol–water partition coefficient (Wildman–Crippen LogP) is 3.09. The first kappa shape index (κ1) is 16.5. The average Bonchev–Trinajstić information content (AvgIpc) is 2.52. The molecule has 0 aromatic heterocycles. The Labute approximate surface area is 139 Å². The van der Waals surface area contributed by atoms with E-state index in [9.17, 15) is 14.0 Å². The van der Waals surface area contributed by atoms with Gasteiger partial charge in [-0.05, 0) is 44.2 Å². The Morgan fingerprint density at radius 1 is 1.25 bits per heavy atom. The van der Waals surface area contributed by atoms with Crippen LogP contribution in [0.15, 0.2) is 18.2 Å². The van der Waals surface area contributed by atoms with E-state index in [4.69, 9.17) is 9.84 Å². The van der Waals surface area contributed by atoms with E-state index in [2.05, 4.69) is 5.32 Å². The van der Waals surface area contributed by atoms with Crippen LogP contribution in [-0.2, 0) is 4.79 Å². The molecule has 6 nitrogen and oxygen atoms in total. The van der Waals surface area contributed by atoms with E-state index in [1.54, 1.807) is 6.07 Å². The minimum atomic E-state index is -0.893. The molecular formula is C17H21FN2O4. The van der Waals surface area contributed by atoms with E-state index >= 15 is 0 Å². The minimum Gasteiger partial charge on any atom is -0.487 e. The highest BCUT2D eigenvalue weighted by atomic mass is 19.1. The molecular weight excluding hydrogens is 315 g/mol. The molecule has 1 aliphatic heterocycles. The lowest BCUT2D eigenvalue weighted by Gasteiger charge is -2.30. The number of amides is 2. The Morgan fingerprint density at radius 2 is 2.04 bits per heavy atom. The average molecular weight is 336 g/mol. The molecule has 1 saturated carbocycles. The summed E-state index contributed by atoms with van der Waals surface area (Å²) in [5.74, 6) is -1.75. The zero-order valence-electron chi connectivity index (χ0n) is 13.3. The van der Waals surface area contributed by atoms with Crippen molar-refractivity contribution < 1.29 is 23.8 Å². The SMILES string of the molecule is O=C(O)C1CCCN(C(=O)Nc2ccc(OC3CCC3)c(F)c2)C1. The van der Waals surface area contributed by atoms with Crippen LogP contribution in [0.4, 0.5) is 14.9 Å². The Kier molecular flexibility index (Phi) is 4.87. The van der Waals surface area contributed by atoms with Gasteiger partial charge in [-0.3, -0.25) is 4.79 Å². The lowest BCUT2D eigenvalue weighted by molar-refractivity contribution is -0.143. The van der Waals surface area contributed by atoms with Crippen molar-refractivity contribution in [1.29, 1.82) is 0 Å². The third kappa shape index (κ3) is 3.77. The standard InChI is InChI=1S/C17H21FN2O4/c18-14-9-12(6-7-15(14)24-13-4-1-5-13)19-17(23)20-8-2-3-11(10-20)16(21)22/h6-7,9,11,13H,1-5,8,10H2,(H,19,23)(H,21,22). The molecule has 24 heavy (non-hydrogen) atoms. The van der Waals surface area contributed by atoms with Gasteiger partial charge < -0.3 is 20.1 Å². The summed E-state index contributed by atoms with van der Waals surface area (Å²) < 4.78 is 19.6. The molecule has 2 fully saturated rings. The van der Waals surface area contributed by atoms with Crippen molar-refractivity contribution in [2.45, 2.75) is 38.2 Å². The topological polar surface area (TPSA) is 78.9 Å². The number of carboxylic acid groups (broad SMARTS) is 1. The van der Waals surface area contributed by atoms with Gasteiger partial charge in [0.05, 0.1) is 12.0 Å². The Morgan fingerprint density at radius 3 is 2.67 bits per heavy atom. The van der Waals surface area contributed by atoms with Crippen LogP contribution in [0.3, 0.4) is 0 Å². The van der Waals surface area contributed by atoms with Crippen LogP contribution >= 0.6 is 0 Å². The molecule has 1 atom stereocenters. The number of carboxylic acids is 1. The molecule has 1 aromatic carbocycles. The van der Waals surface area contributed by atoms with Crippen LogP contribution in [0, 0.1) is 11.7 Å². The van der Waals surface area contributed by atoms with Gasteiger partial charge in [-0.25, -0.2) is 9.18 Å². The summed E-state index contributed by atoms with van der Waals surface area (Å²) in [5, 5.41) is 11.7. The number of rotatable bonds is 4. The summed E-state index contributed by atoms with van der Waals surface area (Å²) in [6.45, 7) is 0.674. The predicted molar refractivity (Wildman–Crippen MR) is 85.6 cm³/mol. The van der Waals surface area contributed by atoms with Gasteiger partial charge >= 0.3 is 12.0 Å². The number of carbonyl (C=O) groups is 2. The lowest BCUT2D eigenvalue weighted by atomic mass is 9.96. The molecule has 1 aromatic rings. The summed E-state index contributed by atoms with van der Waals surface area (Å²) in [7, 11) is 0. The number of benzene rings is 1. The quantitative estimate of drug-likeness (QED) is 0.885. The summed E-state index contributed by atoms with van der Waals surface area (Å²) in [5.41, 5.74) is 0.330. The minimum absolute atomic E-state index is 0.0845. The van der Waals surface area contributed by atoms with Crippen LogP contribution in [-0.4, -0.2) is 41.2 Å². The number of likely N-dealkylation sites (tertiary alicyclic amines) is 1. The van der Waals surface area contributed by atoms with Crippen LogP contribution in [0.25, 0.3) is 0 Å². The third-order valence-electron chi connectivity index (χ3n) is 4.59. The summed E-state index contributed by atoms with van der Waals surface area (Å²) in [4.78, 5) is 24.7. The molecule has 0 radical (unpaired) electrons. The molecule has 2 amide bonds. The zero-order chi connectivity index (χ0) is 17.1. The van der Waals surface area contributed by atoms with Gasteiger partial charge in [0, 0.05) is 24.8 Å². The highest BCUT2D eigenvalue weighted by Crippen LogP contribution is 2.28. The second-order valence-corrected chi connectivity index (χ2v) is 6.37. The van der Waals surface area contributed by atoms with Crippen molar-refractivity contribution in [2.75, 3.05) is 18.4 Å². The lowest BCUT2D eigenvalue weighted by Crippen LogP contribution is -2.44. The second-order valence-electron chi connectivity index (χ2n) is 6.37. The molecule has 3 rings (SSSR count). The highest BCUT2D eigenvalue weighted by Gasteiger charge is 2.28. The van der Waals surface area contributed by atoms with Crippen molar-refractivity contribution >= 4 is 17.7 Å². The number of anilines is 1. The number of halogens is 1. The molecule has 1 heterocycles. The van der Waals surface area contributed by atoms with Crippen LogP contribution < -0.4 is 10.1 Å². The number of piperidine rings is 1. The second kappa shape index (κ2) is 7.07. The molecule has 2 N–H and O–H groups in total. The van der Waals surface area contributed by atoms with Gasteiger partial charge in [-0.1, -0.05) is 0 Å². The maximum Gasteiger partial charge on any atom is 0.321 e. The van der Waals surface area contributed by atoms with E-state index in [1.807, 2.05) is 0 Å². The van der Waals surface area contributed by atoms with E-state index < -0.39 is 23.7 Å². The first-order valence-corrected chi connectivity index (χ1v) is 8.28. The number of urea groups is 1. The highest BCUT2D eigenvalue weighted by molar-refractivity contribution is 5.89. The monoisotopic (exact) mass is 336 g/mol. The van der Waals surface area contributed by atoms with E-state index in [0.717, 1.165) is 19.3 Å². The van der Waals surface area contributed by atoms with Gasteiger partial charge in [-0.15, -0.1) is 0 Å². The Bertz CT molecular complexity index is 633. The van der Waals surface area contributed by atoms with Crippen LogP contribution in [0.5, 0.6) is 5.75 Å². The third-order valence-corrected chi connectivity index (χ3v) is 4.59. The number of hydrogen-bond donors (Lipinski definition) is 2. The maximum absolute atomic E-state index is 14.1. The van der Waals surface area contributed by atoms with Crippen LogP contribution in [0.2, 0.25) is 0 Å². The van der Waals surface area contributed by atoms with Gasteiger partial charge in [0.25, 0.3) is 0 Å². The van der Waals surface area contributed by atoms with E-state index in [-0.39, 0.29) is 18.4 Å². The smallest absolute Gasteiger partial charge is 0.321 e. The van der Waals surface area contributed by atoms with Crippen molar-refractivity contribution in [1.82, 2.24) is 4.90 Å². The van der Waals surface area contributed by atoms with Crippen molar-refractivity contribution in [3.63, 3.8) is 0 Å².